The number of alkyl halides is 2. The minimum Gasteiger partial charge on any atom is -0.320 e. The maximum atomic E-state index is 12.8. The first-order chi connectivity index (χ1) is 8.12. The van der Waals surface area contributed by atoms with Gasteiger partial charge < -0.3 is 10.6 Å². The van der Waals surface area contributed by atoms with Crippen LogP contribution in [0.15, 0.2) is 0 Å². The molecule has 1 saturated carbocycles. The van der Waals surface area contributed by atoms with Crippen LogP contribution in [-0.2, 0) is 0 Å². The van der Waals surface area contributed by atoms with E-state index >= 15 is 0 Å². The van der Waals surface area contributed by atoms with E-state index in [0.717, 1.165) is 13.1 Å². The third kappa shape index (κ3) is 3.16. The molecule has 0 aromatic carbocycles. The number of halogens is 2. The monoisotopic (exact) mass is 246 g/mol. The second-order valence-corrected chi connectivity index (χ2v) is 5.72. The van der Waals surface area contributed by atoms with Gasteiger partial charge in [0.1, 0.15) is 0 Å². The van der Waals surface area contributed by atoms with E-state index in [1.807, 2.05) is 0 Å². The molecule has 0 bridgehead atoms. The van der Waals surface area contributed by atoms with Crippen molar-refractivity contribution in [2.75, 3.05) is 13.1 Å². The van der Waals surface area contributed by atoms with Crippen LogP contribution in [0.4, 0.5) is 8.78 Å². The molecule has 0 radical (unpaired) electrons. The zero-order chi connectivity index (χ0) is 12.3. The fraction of sp³-hybridized carbons (Fsp3) is 1.00. The first-order valence-corrected chi connectivity index (χ1v) is 6.93. The summed E-state index contributed by atoms with van der Waals surface area (Å²) in [4.78, 5) is 2.40. The average Bonchev–Trinajstić information content (AvgIpc) is 2.58. The number of likely N-dealkylation sites (tertiary alicyclic amines) is 1. The van der Waals surface area contributed by atoms with Crippen LogP contribution < -0.4 is 5.73 Å². The summed E-state index contributed by atoms with van der Waals surface area (Å²) in [5, 5.41) is 0. The molecule has 2 aliphatic rings. The predicted molar refractivity (Wildman–Crippen MR) is 65.2 cm³/mol. The van der Waals surface area contributed by atoms with Gasteiger partial charge in [0, 0.05) is 19.1 Å². The van der Waals surface area contributed by atoms with Crippen molar-refractivity contribution in [1.29, 1.82) is 0 Å². The molecule has 2 fully saturated rings. The Morgan fingerprint density at radius 3 is 2.00 bits per heavy atom. The van der Waals surface area contributed by atoms with Crippen molar-refractivity contribution in [3.8, 4) is 0 Å². The first kappa shape index (κ1) is 13.2. The van der Waals surface area contributed by atoms with E-state index in [-0.39, 0.29) is 0 Å². The molecule has 100 valence electrons. The van der Waals surface area contributed by atoms with Gasteiger partial charge in [-0.2, -0.15) is 0 Å². The molecule has 4 heteroatoms. The summed E-state index contributed by atoms with van der Waals surface area (Å²) in [7, 11) is 0. The lowest BCUT2D eigenvalue weighted by atomic mass is 9.88. The lowest BCUT2D eigenvalue weighted by molar-refractivity contribution is 0.00113. The second-order valence-electron chi connectivity index (χ2n) is 5.72. The van der Waals surface area contributed by atoms with Gasteiger partial charge in [-0.1, -0.05) is 25.7 Å². The topological polar surface area (TPSA) is 29.3 Å². The molecule has 1 aliphatic heterocycles. The Bertz CT molecular complexity index is 230. The van der Waals surface area contributed by atoms with Crippen molar-refractivity contribution in [2.24, 2.45) is 5.73 Å². The summed E-state index contributed by atoms with van der Waals surface area (Å²) in [6, 6.07) is 0.625. The number of nitrogens with zero attached hydrogens (tertiary/aromatic N) is 1. The zero-order valence-corrected chi connectivity index (χ0v) is 10.5. The first-order valence-electron chi connectivity index (χ1n) is 6.93. The minimum absolute atomic E-state index is 0.446. The molecule has 1 heterocycles. The van der Waals surface area contributed by atoms with E-state index in [9.17, 15) is 8.78 Å². The molecular formula is C13H24F2N2. The molecule has 2 rings (SSSR count). The highest BCUT2D eigenvalue weighted by molar-refractivity contribution is 4.94. The van der Waals surface area contributed by atoms with Crippen molar-refractivity contribution in [3.63, 3.8) is 0 Å². The maximum absolute atomic E-state index is 12.8. The van der Waals surface area contributed by atoms with Gasteiger partial charge in [-0.25, -0.2) is 8.78 Å². The van der Waals surface area contributed by atoms with Crippen LogP contribution in [0, 0.1) is 0 Å². The van der Waals surface area contributed by atoms with Crippen molar-refractivity contribution < 1.29 is 8.78 Å². The Labute approximate surface area is 103 Å². The molecule has 1 saturated heterocycles. The van der Waals surface area contributed by atoms with Crippen LogP contribution in [0.2, 0.25) is 0 Å². The molecule has 2 nitrogen and oxygen atoms in total. The standard InChI is InChI=1S/C13H24F2N2/c14-12(15)13(16)7-9-17(10-8-13)11-5-3-1-2-4-6-11/h11-12H,1-10,16H2. The molecule has 0 atom stereocenters. The Kier molecular flexibility index (Phi) is 4.36. The third-order valence-electron chi connectivity index (χ3n) is 4.50. The predicted octanol–water partition coefficient (Wildman–Crippen LogP) is 2.77. The van der Waals surface area contributed by atoms with Crippen LogP contribution >= 0.6 is 0 Å². The van der Waals surface area contributed by atoms with Crippen LogP contribution in [-0.4, -0.2) is 36.0 Å². The highest BCUT2D eigenvalue weighted by Crippen LogP contribution is 2.30. The van der Waals surface area contributed by atoms with Gasteiger partial charge in [0.15, 0.2) is 0 Å². The van der Waals surface area contributed by atoms with Crippen molar-refractivity contribution in [2.45, 2.75) is 69.4 Å². The molecule has 0 aromatic heterocycles. The van der Waals surface area contributed by atoms with E-state index in [2.05, 4.69) is 4.90 Å². The van der Waals surface area contributed by atoms with Gasteiger partial charge in [0.05, 0.1) is 5.54 Å². The van der Waals surface area contributed by atoms with Crippen molar-refractivity contribution in [1.82, 2.24) is 4.90 Å². The van der Waals surface area contributed by atoms with Gasteiger partial charge in [0.25, 0.3) is 6.43 Å². The van der Waals surface area contributed by atoms with Gasteiger partial charge in [-0.05, 0) is 25.7 Å². The molecular weight excluding hydrogens is 222 g/mol. The fourth-order valence-corrected chi connectivity index (χ4v) is 3.15. The van der Waals surface area contributed by atoms with E-state index < -0.39 is 12.0 Å². The Morgan fingerprint density at radius 1 is 1.00 bits per heavy atom. The van der Waals surface area contributed by atoms with E-state index in [4.69, 9.17) is 5.73 Å². The van der Waals surface area contributed by atoms with Gasteiger partial charge in [-0.3, -0.25) is 0 Å². The SMILES string of the molecule is NC1(C(F)F)CCN(C2CCCCCC2)CC1. The minimum atomic E-state index is -2.38. The van der Waals surface area contributed by atoms with Gasteiger partial charge in [-0.15, -0.1) is 0 Å². The highest BCUT2D eigenvalue weighted by atomic mass is 19.3. The Hall–Kier alpha value is -0.220. The van der Waals surface area contributed by atoms with Gasteiger partial charge in [0.2, 0.25) is 0 Å². The molecule has 0 spiro atoms. The summed E-state index contributed by atoms with van der Waals surface area (Å²) < 4.78 is 25.6. The van der Waals surface area contributed by atoms with Crippen LogP contribution in [0.25, 0.3) is 0 Å². The summed E-state index contributed by atoms with van der Waals surface area (Å²) in [5.74, 6) is 0. The van der Waals surface area contributed by atoms with Crippen LogP contribution in [0.5, 0.6) is 0 Å². The van der Waals surface area contributed by atoms with E-state index in [1.54, 1.807) is 0 Å². The average molecular weight is 246 g/mol. The summed E-state index contributed by atoms with van der Waals surface area (Å²) in [6.45, 7) is 1.51. The van der Waals surface area contributed by atoms with Crippen molar-refractivity contribution in [3.05, 3.63) is 0 Å². The number of rotatable bonds is 2. The Balaban J connectivity index is 1.85. The van der Waals surface area contributed by atoms with Gasteiger partial charge >= 0.3 is 0 Å². The molecule has 17 heavy (non-hydrogen) atoms. The summed E-state index contributed by atoms with van der Waals surface area (Å²) in [5.41, 5.74) is 4.53. The van der Waals surface area contributed by atoms with Crippen molar-refractivity contribution >= 4 is 0 Å². The van der Waals surface area contributed by atoms with E-state index in [0.29, 0.717) is 18.9 Å². The quantitative estimate of drug-likeness (QED) is 0.759. The number of hydrogen-bond donors (Lipinski definition) is 1. The highest BCUT2D eigenvalue weighted by Gasteiger charge is 2.40. The Morgan fingerprint density at radius 2 is 1.53 bits per heavy atom. The van der Waals surface area contributed by atoms with Crippen LogP contribution in [0.3, 0.4) is 0 Å². The molecule has 0 unspecified atom stereocenters. The largest absolute Gasteiger partial charge is 0.320 e. The summed E-state index contributed by atoms with van der Waals surface area (Å²) >= 11 is 0. The maximum Gasteiger partial charge on any atom is 0.256 e. The molecule has 0 amide bonds. The van der Waals surface area contributed by atoms with Crippen LogP contribution in [0.1, 0.15) is 51.4 Å². The zero-order valence-electron chi connectivity index (χ0n) is 10.5. The summed E-state index contributed by atoms with van der Waals surface area (Å²) in [6.07, 6.45) is 6.26. The number of piperidine rings is 1. The fourth-order valence-electron chi connectivity index (χ4n) is 3.15. The molecule has 2 N–H and O–H groups in total. The third-order valence-corrected chi connectivity index (χ3v) is 4.50. The smallest absolute Gasteiger partial charge is 0.256 e. The van der Waals surface area contributed by atoms with E-state index in [1.165, 1.54) is 38.5 Å². The molecule has 1 aliphatic carbocycles. The molecule has 0 aromatic rings. The second kappa shape index (κ2) is 5.61. The lowest BCUT2D eigenvalue weighted by Crippen LogP contribution is -2.56. The number of nitrogens with two attached hydrogens (primary N) is 1. The normalized spacial score (nSPS) is 28.2. The lowest BCUT2D eigenvalue weighted by Gasteiger charge is -2.42. The number of hydrogen-bond acceptors (Lipinski definition) is 2.